The highest BCUT2D eigenvalue weighted by Crippen LogP contribution is 2.68. The minimum absolute atomic E-state index is 0.114. The number of nitrogens with two attached hydrogens (primary N) is 1. The van der Waals surface area contributed by atoms with E-state index in [4.69, 9.17) is 5.73 Å². The molecule has 4 rings (SSSR count). The molecule has 10 unspecified atom stereocenters. The summed E-state index contributed by atoms with van der Waals surface area (Å²) in [7, 11) is 0. The highest BCUT2D eigenvalue weighted by molar-refractivity contribution is 5.75. The van der Waals surface area contributed by atoms with Crippen molar-refractivity contribution in [2.45, 2.75) is 97.2 Å². The van der Waals surface area contributed by atoms with Gasteiger partial charge in [-0.25, -0.2) is 0 Å². The number of nitrogens with one attached hydrogen (secondary N) is 1. The molecule has 31 heavy (non-hydrogen) atoms. The maximum Gasteiger partial charge on any atom is 0.220 e. The first-order chi connectivity index (χ1) is 14.7. The Balaban J connectivity index is 1.49. The summed E-state index contributed by atoms with van der Waals surface area (Å²) in [6, 6.07) is 0. The van der Waals surface area contributed by atoms with Crippen LogP contribution in [0.1, 0.15) is 85.0 Å². The number of amides is 1. The normalized spacial score (nSPS) is 47.7. The van der Waals surface area contributed by atoms with Gasteiger partial charge < -0.3 is 21.3 Å². The Labute approximate surface area is 188 Å². The van der Waals surface area contributed by atoms with E-state index in [9.17, 15) is 15.0 Å². The largest absolute Gasteiger partial charge is 0.390 e. The van der Waals surface area contributed by atoms with Gasteiger partial charge in [0.15, 0.2) is 0 Å². The van der Waals surface area contributed by atoms with Crippen molar-refractivity contribution in [3.63, 3.8) is 0 Å². The number of rotatable bonds is 6. The van der Waals surface area contributed by atoms with Crippen LogP contribution in [-0.2, 0) is 4.79 Å². The van der Waals surface area contributed by atoms with Gasteiger partial charge in [0.05, 0.1) is 12.2 Å². The van der Waals surface area contributed by atoms with Crippen molar-refractivity contribution >= 4 is 5.91 Å². The molecule has 0 spiro atoms. The fraction of sp³-hybridized carbons (Fsp3) is 0.962. The van der Waals surface area contributed by atoms with E-state index in [1.807, 2.05) is 0 Å². The van der Waals surface area contributed by atoms with Crippen molar-refractivity contribution < 1.29 is 15.0 Å². The molecule has 10 atom stereocenters. The highest BCUT2D eigenvalue weighted by Gasteiger charge is 2.64. The quantitative estimate of drug-likeness (QED) is 0.515. The first kappa shape index (κ1) is 23.5. The third-order valence-corrected chi connectivity index (χ3v) is 10.7. The summed E-state index contributed by atoms with van der Waals surface area (Å²) in [6.45, 7) is 8.26. The summed E-state index contributed by atoms with van der Waals surface area (Å²) in [5.41, 5.74) is 5.90. The van der Waals surface area contributed by atoms with Gasteiger partial charge in [-0.05, 0) is 91.3 Å². The second-order valence-corrected chi connectivity index (χ2v) is 12.0. The summed E-state index contributed by atoms with van der Waals surface area (Å²) in [5, 5.41) is 25.4. The standard InChI is InChI=1S/C26H46N2O3/c1-16(7-10-21(29)28-15-14-27)17-8-9-18-22-19(11-13-26(17,18)3)25(2)12-5-4-6-20(25)23(30)24(22)31/h16-20,22-24,30-31H,4-15,27H2,1-3H3,(H,28,29). The number of carbonyl (C=O) groups is 1. The molecule has 0 aromatic carbocycles. The van der Waals surface area contributed by atoms with Crippen LogP contribution in [0.15, 0.2) is 0 Å². The summed E-state index contributed by atoms with van der Waals surface area (Å²) in [6.07, 6.45) is 9.90. The van der Waals surface area contributed by atoms with Gasteiger partial charge in [-0.2, -0.15) is 0 Å². The first-order valence-corrected chi connectivity index (χ1v) is 13.1. The Morgan fingerprint density at radius 3 is 2.48 bits per heavy atom. The van der Waals surface area contributed by atoms with Gasteiger partial charge >= 0.3 is 0 Å². The van der Waals surface area contributed by atoms with E-state index in [0.717, 1.165) is 19.3 Å². The first-order valence-electron chi connectivity index (χ1n) is 13.1. The molecule has 4 saturated carbocycles. The van der Waals surface area contributed by atoms with Crippen LogP contribution in [0.2, 0.25) is 0 Å². The monoisotopic (exact) mass is 434 g/mol. The molecule has 0 radical (unpaired) electrons. The molecule has 0 aromatic heterocycles. The van der Waals surface area contributed by atoms with Crippen molar-refractivity contribution in [2.24, 2.45) is 52.1 Å². The van der Waals surface area contributed by atoms with E-state index >= 15 is 0 Å². The van der Waals surface area contributed by atoms with Crippen LogP contribution in [-0.4, -0.2) is 41.4 Å². The average molecular weight is 435 g/mol. The van der Waals surface area contributed by atoms with Gasteiger partial charge in [0.2, 0.25) is 5.91 Å². The van der Waals surface area contributed by atoms with Crippen LogP contribution >= 0.6 is 0 Å². The number of aliphatic hydroxyl groups excluding tert-OH is 2. The van der Waals surface area contributed by atoms with E-state index in [0.29, 0.717) is 43.2 Å². The average Bonchev–Trinajstić information content (AvgIpc) is 3.11. The maximum atomic E-state index is 12.1. The lowest BCUT2D eigenvalue weighted by Crippen LogP contribution is -2.63. The second kappa shape index (κ2) is 8.95. The Morgan fingerprint density at radius 2 is 1.74 bits per heavy atom. The predicted molar refractivity (Wildman–Crippen MR) is 123 cm³/mol. The zero-order valence-corrected chi connectivity index (χ0v) is 20.0. The molecule has 0 aliphatic heterocycles. The topological polar surface area (TPSA) is 95.6 Å². The van der Waals surface area contributed by atoms with Gasteiger partial charge in [-0.1, -0.05) is 33.6 Å². The molecule has 0 heterocycles. The molecule has 5 nitrogen and oxygen atoms in total. The third-order valence-electron chi connectivity index (χ3n) is 10.7. The number of hydrogen-bond acceptors (Lipinski definition) is 4. The van der Waals surface area contributed by atoms with Crippen molar-refractivity contribution in [3.8, 4) is 0 Å². The molecule has 178 valence electrons. The van der Waals surface area contributed by atoms with E-state index in [1.54, 1.807) is 0 Å². The molecule has 4 aliphatic rings. The van der Waals surface area contributed by atoms with E-state index in [1.165, 1.54) is 38.5 Å². The van der Waals surface area contributed by atoms with Crippen LogP contribution in [0, 0.1) is 46.3 Å². The van der Waals surface area contributed by atoms with Crippen molar-refractivity contribution in [1.82, 2.24) is 5.32 Å². The SMILES string of the molecule is CC(CCC(=O)NCCN)C1CCC2C3C(O)C(O)C4CCCCC4(C)C3CCC12C. The van der Waals surface area contributed by atoms with Crippen molar-refractivity contribution in [2.75, 3.05) is 13.1 Å². The molecule has 5 heteroatoms. The van der Waals surface area contributed by atoms with Gasteiger partial charge in [0, 0.05) is 19.5 Å². The van der Waals surface area contributed by atoms with E-state index in [-0.39, 0.29) is 28.6 Å². The molecule has 1 amide bonds. The lowest BCUT2D eigenvalue weighted by Gasteiger charge is -2.63. The van der Waals surface area contributed by atoms with Crippen LogP contribution in [0.4, 0.5) is 0 Å². The zero-order valence-electron chi connectivity index (χ0n) is 20.0. The van der Waals surface area contributed by atoms with E-state index < -0.39 is 12.2 Å². The fourth-order valence-electron chi connectivity index (χ4n) is 9.15. The highest BCUT2D eigenvalue weighted by atomic mass is 16.3. The van der Waals surface area contributed by atoms with Crippen LogP contribution in [0.3, 0.4) is 0 Å². The smallest absolute Gasteiger partial charge is 0.220 e. The lowest BCUT2D eigenvalue weighted by atomic mass is 9.43. The molecule has 5 N–H and O–H groups in total. The van der Waals surface area contributed by atoms with Gasteiger partial charge in [-0.15, -0.1) is 0 Å². The summed E-state index contributed by atoms with van der Waals surface area (Å²) in [5.74, 6) is 2.76. The number of aliphatic hydroxyl groups is 2. The number of hydrogen-bond donors (Lipinski definition) is 4. The summed E-state index contributed by atoms with van der Waals surface area (Å²) >= 11 is 0. The molecular weight excluding hydrogens is 388 g/mol. The molecule has 0 aromatic rings. The lowest BCUT2D eigenvalue weighted by molar-refractivity contribution is -0.215. The molecule has 4 aliphatic carbocycles. The molecule has 0 bridgehead atoms. The minimum Gasteiger partial charge on any atom is -0.390 e. The number of fused-ring (bicyclic) bond motifs is 5. The van der Waals surface area contributed by atoms with Crippen LogP contribution in [0.25, 0.3) is 0 Å². The van der Waals surface area contributed by atoms with Gasteiger partial charge in [0.1, 0.15) is 0 Å². The Kier molecular flexibility index (Phi) is 6.78. The molecule has 4 fully saturated rings. The van der Waals surface area contributed by atoms with Crippen molar-refractivity contribution in [1.29, 1.82) is 0 Å². The van der Waals surface area contributed by atoms with Gasteiger partial charge in [-0.3, -0.25) is 4.79 Å². The second-order valence-electron chi connectivity index (χ2n) is 12.0. The van der Waals surface area contributed by atoms with Crippen LogP contribution < -0.4 is 11.1 Å². The molecular formula is C26H46N2O3. The Bertz CT molecular complexity index is 657. The van der Waals surface area contributed by atoms with Gasteiger partial charge in [0.25, 0.3) is 0 Å². The number of carbonyl (C=O) groups excluding carboxylic acids is 1. The summed E-state index contributed by atoms with van der Waals surface area (Å²) < 4.78 is 0. The Morgan fingerprint density at radius 1 is 1.00 bits per heavy atom. The van der Waals surface area contributed by atoms with Crippen molar-refractivity contribution in [3.05, 3.63) is 0 Å². The third kappa shape index (κ3) is 3.87. The van der Waals surface area contributed by atoms with Crippen LogP contribution in [0.5, 0.6) is 0 Å². The fourth-order valence-corrected chi connectivity index (χ4v) is 9.15. The zero-order chi connectivity index (χ0) is 22.4. The Hall–Kier alpha value is -0.650. The van der Waals surface area contributed by atoms with E-state index in [2.05, 4.69) is 26.1 Å². The minimum atomic E-state index is -0.568. The predicted octanol–water partition coefficient (Wildman–Crippen LogP) is 3.47. The summed E-state index contributed by atoms with van der Waals surface area (Å²) in [4.78, 5) is 12.1. The molecule has 0 saturated heterocycles. The maximum absolute atomic E-state index is 12.1.